The number of hydrogen-bond donors (Lipinski definition) is 1. The molecule has 146 valence electrons. The second-order valence-electron chi connectivity index (χ2n) is 7.11. The van der Waals surface area contributed by atoms with Gasteiger partial charge in [-0.05, 0) is 32.9 Å². The van der Waals surface area contributed by atoms with Crippen LogP contribution in [0.25, 0.3) is 0 Å². The standard InChI is InChI=1S/C19H26N4O3S/c1-19(2,3)26-18(25)23(4)12-9-16-22-15(13-27-16)17(24)21-11-8-14-7-5-6-10-20-14/h5-7,10,13H,8-9,11-12H2,1-4H3,(H,21,24). The van der Waals surface area contributed by atoms with Crippen LogP contribution in [0.5, 0.6) is 0 Å². The lowest BCUT2D eigenvalue weighted by Crippen LogP contribution is -2.35. The first-order valence-corrected chi connectivity index (χ1v) is 9.69. The third-order valence-electron chi connectivity index (χ3n) is 3.54. The van der Waals surface area contributed by atoms with Crippen LogP contribution in [0, 0.1) is 0 Å². The zero-order chi connectivity index (χ0) is 19.9. The highest BCUT2D eigenvalue weighted by molar-refractivity contribution is 7.09. The number of nitrogens with zero attached hydrogens (tertiary/aromatic N) is 3. The molecule has 0 atom stereocenters. The molecular formula is C19H26N4O3S. The van der Waals surface area contributed by atoms with Crippen LogP contribution in [0.1, 0.15) is 42.0 Å². The summed E-state index contributed by atoms with van der Waals surface area (Å²) in [5.41, 5.74) is 0.811. The molecule has 0 aliphatic heterocycles. The number of pyridine rings is 1. The van der Waals surface area contributed by atoms with E-state index in [-0.39, 0.29) is 12.0 Å². The number of rotatable bonds is 7. The molecule has 0 unspecified atom stereocenters. The van der Waals surface area contributed by atoms with Crippen LogP contribution in [0.3, 0.4) is 0 Å². The number of ether oxygens (including phenoxy) is 1. The summed E-state index contributed by atoms with van der Waals surface area (Å²) >= 11 is 1.41. The first kappa shape index (κ1) is 20.8. The summed E-state index contributed by atoms with van der Waals surface area (Å²) in [4.78, 5) is 34.2. The lowest BCUT2D eigenvalue weighted by Gasteiger charge is -2.24. The Hall–Kier alpha value is -2.48. The smallest absolute Gasteiger partial charge is 0.410 e. The van der Waals surface area contributed by atoms with Crippen LogP contribution in [0.2, 0.25) is 0 Å². The fourth-order valence-electron chi connectivity index (χ4n) is 2.17. The molecule has 0 bridgehead atoms. The predicted molar refractivity (Wildman–Crippen MR) is 105 cm³/mol. The fourth-order valence-corrected chi connectivity index (χ4v) is 2.93. The lowest BCUT2D eigenvalue weighted by molar-refractivity contribution is 0.0300. The van der Waals surface area contributed by atoms with E-state index in [1.54, 1.807) is 18.6 Å². The highest BCUT2D eigenvalue weighted by Gasteiger charge is 2.19. The molecular weight excluding hydrogens is 364 g/mol. The van der Waals surface area contributed by atoms with Crippen LogP contribution >= 0.6 is 11.3 Å². The highest BCUT2D eigenvalue weighted by atomic mass is 32.1. The van der Waals surface area contributed by atoms with Crippen molar-refractivity contribution in [1.82, 2.24) is 20.2 Å². The fraction of sp³-hybridized carbons (Fsp3) is 0.474. The molecule has 2 heterocycles. The third kappa shape index (κ3) is 7.34. The van der Waals surface area contributed by atoms with Gasteiger partial charge in [-0.25, -0.2) is 9.78 Å². The van der Waals surface area contributed by atoms with Crippen molar-refractivity contribution in [3.8, 4) is 0 Å². The number of carbonyl (C=O) groups excluding carboxylic acids is 2. The Morgan fingerprint density at radius 2 is 2.04 bits per heavy atom. The van der Waals surface area contributed by atoms with Gasteiger partial charge in [-0.2, -0.15) is 0 Å². The maximum atomic E-state index is 12.2. The summed E-state index contributed by atoms with van der Waals surface area (Å²) in [6.45, 7) is 6.47. The van der Waals surface area contributed by atoms with Crippen LogP contribution in [-0.4, -0.2) is 52.6 Å². The van der Waals surface area contributed by atoms with Crippen molar-refractivity contribution >= 4 is 23.3 Å². The van der Waals surface area contributed by atoms with E-state index < -0.39 is 5.60 Å². The molecule has 0 aliphatic carbocycles. The second-order valence-corrected chi connectivity index (χ2v) is 8.05. The zero-order valence-electron chi connectivity index (χ0n) is 16.2. The number of hydrogen-bond acceptors (Lipinski definition) is 6. The maximum Gasteiger partial charge on any atom is 0.410 e. The Balaban J connectivity index is 1.76. The SMILES string of the molecule is CN(CCc1nc(C(=O)NCCc2ccccn2)cs1)C(=O)OC(C)(C)C. The van der Waals surface area contributed by atoms with Crippen LogP contribution in [0.15, 0.2) is 29.8 Å². The average Bonchev–Trinajstić information content (AvgIpc) is 3.08. The first-order chi connectivity index (χ1) is 12.7. The molecule has 2 aromatic rings. The van der Waals surface area contributed by atoms with Crippen molar-refractivity contribution in [2.75, 3.05) is 20.1 Å². The van der Waals surface area contributed by atoms with E-state index in [9.17, 15) is 9.59 Å². The van der Waals surface area contributed by atoms with Crippen LogP contribution in [-0.2, 0) is 17.6 Å². The monoisotopic (exact) mass is 390 g/mol. The average molecular weight is 391 g/mol. The minimum Gasteiger partial charge on any atom is -0.444 e. The minimum absolute atomic E-state index is 0.200. The third-order valence-corrected chi connectivity index (χ3v) is 4.45. The van der Waals surface area contributed by atoms with Crippen molar-refractivity contribution in [2.24, 2.45) is 0 Å². The van der Waals surface area contributed by atoms with Crippen LogP contribution < -0.4 is 5.32 Å². The molecule has 0 saturated carbocycles. The van der Waals surface area contributed by atoms with Gasteiger partial charge in [-0.1, -0.05) is 6.07 Å². The molecule has 7 nitrogen and oxygen atoms in total. The van der Waals surface area contributed by atoms with E-state index in [0.29, 0.717) is 31.6 Å². The number of thiazole rings is 1. The van der Waals surface area contributed by atoms with Gasteiger partial charge < -0.3 is 15.0 Å². The number of amides is 2. The molecule has 0 saturated heterocycles. The van der Waals surface area contributed by atoms with E-state index in [0.717, 1.165) is 10.7 Å². The summed E-state index contributed by atoms with van der Waals surface area (Å²) in [6.07, 6.45) is 2.61. The molecule has 2 amide bonds. The molecule has 0 aliphatic rings. The molecule has 1 N–H and O–H groups in total. The van der Waals surface area contributed by atoms with Crippen molar-refractivity contribution in [2.45, 2.75) is 39.2 Å². The van der Waals surface area contributed by atoms with Crippen molar-refractivity contribution in [3.63, 3.8) is 0 Å². The second kappa shape index (κ2) is 9.45. The van der Waals surface area contributed by atoms with Gasteiger partial charge in [-0.15, -0.1) is 11.3 Å². The Morgan fingerprint density at radius 3 is 2.70 bits per heavy atom. The normalized spacial score (nSPS) is 11.1. The Labute approximate surface area is 163 Å². The highest BCUT2D eigenvalue weighted by Crippen LogP contribution is 2.13. The Morgan fingerprint density at radius 1 is 1.26 bits per heavy atom. The molecule has 2 aromatic heterocycles. The number of aromatic nitrogens is 2. The topological polar surface area (TPSA) is 84.4 Å². The first-order valence-electron chi connectivity index (χ1n) is 8.81. The van der Waals surface area contributed by atoms with Crippen LogP contribution in [0.4, 0.5) is 4.79 Å². The van der Waals surface area contributed by atoms with E-state index in [1.165, 1.54) is 16.2 Å². The molecule has 27 heavy (non-hydrogen) atoms. The molecule has 0 spiro atoms. The summed E-state index contributed by atoms with van der Waals surface area (Å²) in [5, 5.41) is 5.39. The lowest BCUT2D eigenvalue weighted by atomic mass is 10.2. The summed E-state index contributed by atoms with van der Waals surface area (Å²) in [5.74, 6) is -0.200. The van der Waals surface area contributed by atoms with Gasteiger partial charge in [0.25, 0.3) is 5.91 Å². The van der Waals surface area contributed by atoms with Gasteiger partial charge >= 0.3 is 6.09 Å². The van der Waals surface area contributed by atoms with Gasteiger partial charge in [0, 0.05) is 50.2 Å². The summed E-state index contributed by atoms with van der Waals surface area (Å²) < 4.78 is 5.31. The number of likely N-dealkylation sites (N-methyl/N-ethyl adjacent to an activating group) is 1. The number of carbonyl (C=O) groups is 2. The van der Waals surface area contributed by atoms with E-state index in [1.807, 2.05) is 39.0 Å². The Bertz CT molecular complexity index is 756. The molecule has 2 rings (SSSR count). The van der Waals surface area contributed by atoms with Gasteiger partial charge in [0.15, 0.2) is 0 Å². The quantitative estimate of drug-likeness (QED) is 0.786. The zero-order valence-corrected chi connectivity index (χ0v) is 17.0. The molecule has 0 radical (unpaired) electrons. The van der Waals surface area contributed by atoms with Gasteiger partial charge in [0.05, 0.1) is 5.01 Å². The molecule has 8 heteroatoms. The Kier molecular flexibility index (Phi) is 7.29. The van der Waals surface area contributed by atoms with E-state index >= 15 is 0 Å². The predicted octanol–water partition coefficient (Wildman–Crippen LogP) is 2.92. The maximum absolute atomic E-state index is 12.2. The minimum atomic E-state index is -0.521. The van der Waals surface area contributed by atoms with Gasteiger partial charge in [0.2, 0.25) is 0 Å². The number of nitrogens with one attached hydrogen (secondary N) is 1. The van der Waals surface area contributed by atoms with Crippen molar-refractivity contribution < 1.29 is 14.3 Å². The van der Waals surface area contributed by atoms with E-state index in [4.69, 9.17) is 4.74 Å². The van der Waals surface area contributed by atoms with Crippen molar-refractivity contribution in [1.29, 1.82) is 0 Å². The molecule has 0 fully saturated rings. The molecule has 0 aromatic carbocycles. The summed E-state index contributed by atoms with van der Waals surface area (Å²) in [7, 11) is 1.69. The van der Waals surface area contributed by atoms with Crippen molar-refractivity contribution in [3.05, 3.63) is 46.2 Å². The largest absolute Gasteiger partial charge is 0.444 e. The van der Waals surface area contributed by atoms with Gasteiger partial charge in [0.1, 0.15) is 11.3 Å². The van der Waals surface area contributed by atoms with E-state index in [2.05, 4.69) is 15.3 Å². The van der Waals surface area contributed by atoms with Gasteiger partial charge in [-0.3, -0.25) is 9.78 Å². The summed E-state index contributed by atoms with van der Waals surface area (Å²) in [6, 6.07) is 5.71.